The zero-order valence-electron chi connectivity index (χ0n) is 23.0. The molecule has 0 saturated carbocycles. The average Bonchev–Trinajstić information content (AvgIpc) is 3.35. The van der Waals surface area contributed by atoms with Crippen molar-refractivity contribution >= 4 is 11.3 Å². The minimum absolute atomic E-state index is 0.123. The Hall–Kier alpha value is -3.23. The molecule has 0 bridgehead atoms. The second-order valence-electron chi connectivity index (χ2n) is 11.5. The predicted molar refractivity (Wildman–Crippen MR) is 154 cm³/mol. The molecule has 40 heavy (non-hydrogen) atoms. The average molecular weight is 566 g/mol. The molecule has 4 nitrogen and oxygen atoms in total. The Morgan fingerprint density at radius 3 is 2.33 bits per heavy atom. The molecule has 210 valence electrons. The molecule has 5 rings (SSSR count). The molecule has 0 amide bonds. The fourth-order valence-corrected chi connectivity index (χ4v) is 6.43. The smallest absolute Gasteiger partial charge is 0.434 e. The van der Waals surface area contributed by atoms with Gasteiger partial charge in [0.2, 0.25) is 5.88 Å². The van der Waals surface area contributed by atoms with E-state index in [-0.39, 0.29) is 16.7 Å². The minimum Gasteiger partial charge on any atom is -0.438 e. The Morgan fingerprint density at radius 2 is 1.62 bits per heavy atom. The second-order valence-corrected chi connectivity index (χ2v) is 12.6. The number of aromatic nitrogens is 2. The lowest BCUT2D eigenvalue weighted by molar-refractivity contribution is -0.140. The summed E-state index contributed by atoms with van der Waals surface area (Å²) in [4.78, 5) is 11.2. The van der Waals surface area contributed by atoms with Gasteiger partial charge in [-0.2, -0.15) is 13.2 Å². The summed E-state index contributed by atoms with van der Waals surface area (Å²) >= 11 is 1.06. The van der Waals surface area contributed by atoms with Crippen LogP contribution in [0.5, 0.6) is 11.6 Å². The second kappa shape index (κ2) is 11.7. The van der Waals surface area contributed by atoms with Gasteiger partial charge in [0.1, 0.15) is 5.75 Å². The van der Waals surface area contributed by atoms with E-state index in [0.29, 0.717) is 27.9 Å². The number of halogens is 3. The van der Waals surface area contributed by atoms with E-state index in [9.17, 15) is 13.2 Å². The van der Waals surface area contributed by atoms with E-state index < -0.39 is 11.9 Å². The Morgan fingerprint density at radius 1 is 0.925 bits per heavy atom. The molecular formula is C32H34F3N3OS. The molecule has 0 radical (unpaired) electrons. The highest BCUT2D eigenvalue weighted by atomic mass is 32.1. The summed E-state index contributed by atoms with van der Waals surface area (Å²) in [5.41, 5.74) is 1.76. The van der Waals surface area contributed by atoms with Crippen molar-refractivity contribution in [1.29, 1.82) is 0 Å². The molecule has 3 heterocycles. The van der Waals surface area contributed by atoms with Gasteiger partial charge < -0.3 is 9.64 Å². The van der Waals surface area contributed by atoms with Crippen molar-refractivity contribution in [2.24, 2.45) is 5.41 Å². The number of pyridine rings is 1. The highest BCUT2D eigenvalue weighted by Crippen LogP contribution is 2.42. The van der Waals surface area contributed by atoms with Crippen molar-refractivity contribution in [2.45, 2.75) is 52.1 Å². The fraction of sp³-hybridized carbons (Fsp3) is 0.375. The lowest BCUT2D eigenvalue weighted by atomic mass is 9.87. The van der Waals surface area contributed by atoms with Gasteiger partial charge in [0.05, 0.1) is 9.88 Å². The molecule has 1 fully saturated rings. The number of likely N-dealkylation sites (tertiary alicyclic amines) is 1. The van der Waals surface area contributed by atoms with Gasteiger partial charge in [-0.3, -0.25) is 0 Å². The van der Waals surface area contributed by atoms with Crippen molar-refractivity contribution in [3.05, 3.63) is 94.8 Å². The van der Waals surface area contributed by atoms with Crippen molar-refractivity contribution in [3.8, 4) is 22.1 Å². The molecule has 1 aliphatic rings. The van der Waals surface area contributed by atoms with Gasteiger partial charge in [0, 0.05) is 24.7 Å². The van der Waals surface area contributed by atoms with Gasteiger partial charge in [-0.25, -0.2) is 9.97 Å². The molecular weight excluding hydrogens is 531 g/mol. The maximum absolute atomic E-state index is 13.9. The summed E-state index contributed by atoms with van der Waals surface area (Å²) in [6.07, 6.45) is -0.613. The zero-order chi connectivity index (χ0) is 28.3. The van der Waals surface area contributed by atoms with Crippen molar-refractivity contribution < 1.29 is 17.9 Å². The van der Waals surface area contributed by atoms with Crippen LogP contribution in [0.4, 0.5) is 13.2 Å². The lowest BCUT2D eigenvalue weighted by Gasteiger charge is -2.36. The third-order valence-corrected chi connectivity index (χ3v) is 8.12. The first kappa shape index (κ1) is 28.3. The van der Waals surface area contributed by atoms with Crippen LogP contribution in [0.1, 0.15) is 61.4 Å². The highest BCUT2D eigenvalue weighted by molar-refractivity contribution is 7.15. The Kier molecular flexibility index (Phi) is 8.29. The van der Waals surface area contributed by atoms with Crippen LogP contribution in [0.25, 0.3) is 10.4 Å². The first-order valence-electron chi connectivity index (χ1n) is 13.6. The molecule has 1 aliphatic heterocycles. The van der Waals surface area contributed by atoms with E-state index in [2.05, 4.69) is 41.7 Å². The molecule has 0 atom stereocenters. The van der Waals surface area contributed by atoms with Crippen molar-refractivity contribution in [3.63, 3.8) is 0 Å². The number of rotatable bonds is 7. The minimum atomic E-state index is -4.55. The quantitative estimate of drug-likeness (QED) is 0.224. The summed E-state index contributed by atoms with van der Waals surface area (Å²) in [5.74, 6) is 1.52. The number of hydrogen-bond acceptors (Lipinski definition) is 5. The van der Waals surface area contributed by atoms with Crippen molar-refractivity contribution in [2.75, 3.05) is 19.6 Å². The standard InChI is InChI=1S/C32H34F3N3OS/c1-31(2,3)21-38-18-15-22(16-19-38)25-13-7-8-14-26(25)39-30-24(12-9-17-36-30)20-27-37-29(32(33,34)35)28(40-27)23-10-5-4-6-11-23/h4-14,17,22H,15-16,18-21H2,1-3H3. The van der Waals surface area contributed by atoms with Gasteiger partial charge in [-0.1, -0.05) is 75.4 Å². The highest BCUT2D eigenvalue weighted by Gasteiger charge is 2.38. The molecule has 0 spiro atoms. The monoisotopic (exact) mass is 565 g/mol. The van der Waals surface area contributed by atoms with Gasteiger partial charge in [0.15, 0.2) is 5.69 Å². The van der Waals surface area contributed by atoms with Crippen LogP contribution in [0.2, 0.25) is 0 Å². The lowest BCUT2D eigenvalue weighted by Crippen LogP contribution is -2.38. The summed E-state index contributed by atoms with van der Waals surface area (Å²) in [7, 11) is 0. The van der Waals surface area contributed by atoms with Gasteiger partial charge >= 0.3 is 6.18 Å². The maximum Gasteiger partial charge on any atom is 0.434 e. The van der Waals surface area contributed by atoms with E-state index in [1.807, 2.05) is 24.3 Å². The summed E-state index contributed by atoms with van der Waals surface area (Å²) in [6.45, 7) is 9.97. The predicted octanol–water partition coefficient (Wildman–Crippen LogP) is 8.83. The molecule has 2 aromatic carbocycles. The number of para-hydroxylation sites is 1. The largest absolute Gasteiger partial charge is 0.438 e. The van der Waals surface area contributed by atoms with Gasteiger partial charge in [0.25, 0.3) is 0 Å². The molecule has 4 aromatic rings. The third-order valence-electron chi connectivity index (χ3n) is 7.02. The molecule has 2 aromatic heterocycles. The first-order chi connectivity index (χ1) is 19.1. The molecule has 8 heteroatoms. The van der Waals surface area contributed by atoms with Crippen LogP contribution >= 0.6 is 11.3 Å². The van der Waals surface area contributed by atoms with E-state index in [0.717, 1.165) is 55.1 Å². The first-order valence-corrected chi connectivity index (χ1v) is 14.4. The van der Waals surface area contributed by atoms with Crippen LogP contribution in [-0.2, 0) is 12.6 Å². The van der Waals surface area contributed by atoms with Crippen molar-refractivity contribution in [1.82, 2.24) is 14.9 Å². The van der Waals surface area contributed by atoms with Crippen LogP contribution < -0.4 is 4.74 Å². The zero-order valence-corrected chi connectivity index (χ0v) is 23.9. The third kappa shape index (κ3) is 6.91. The fourth-order valence-electron chi connectivity index (χ4n) is 5.32. The maximum atomic E-state index is 13.9. The number of piperidine rings is 1. The van der Waals surface area contributed by atoms with E-state index in [4.69, 9.17) is 4.74 Å². The van der Waals surface area contributed by atoms with Crippen LogP contribution in [0, 0.1) is 5.41 Å². The Bertz CT molecular complexity index is 1420. The van der Waals surface area contributed by atoms with Crippen LogP contribution in [-0.4, -0.2) is 34.5 Å². The number of nitrogens with zero attached hydrogens (tertiary/aromatic N) is 3. The molecule has 0 unspecified atom stereocenters. The SMILES string of the molecule is CC(C)(C)CN1CCC(c2ccccc2Oc2ncccc2Cc2nc(C(F)(F)F)c(-c3ccccc3)s2)CC1. The Balaban J connectivity index is 1.37. The van der Waals surface area contributed by atoms with Gasteiger partial charge in [-0.15, -0.1) is 11.3 Å². The number of ether oxygens (including phenoxy) is 1. The molecule has 1 saturated heterocycles. The van der Waals surface area contributed by atoms with E-state index in [1.165, 1.54) is 0 Å². The molecule has 0 N–H and O–H groups in total. The normalized spacial score (nSPS) is 15.3. The molecule has 0 aliphatic carbocycles. The summed E-state index contributed by atoms with van der Waals surface area (Å²) < 4.78 is 48.0. The number of alkyl halides is 3. The van der Waals surface area contributed by atoms with E-state index in [1.54, 1.807) is 42.6 Å². The van der Waals surface area contributed by atoms with E-state index >= 15 is 0 Å². The number of hydrogen-bond donors (Lipinski definition) is 0. The number of thiazole rings is 1. The van der Waals surface area contributed by atoms with Gasteiger partial charge in [-0.05, 0) is 60.5 Å². The Labute approximate surface area is 237 Å². The topological polar surface area (TPSA) is 38.2 Å². The summed E-state index contributed by atoms with van der Waals surface area (Å²) in [5, 5.41) is 0.364. The van der Waals surface area contributed by atoms with Crippen LogP contribution in [0.3, 0.4) is 0 Å². The number of benzene rings is 2. The summed E-state index contributed by atoms with van der Waals surface area (Å²) in [6, 6.07) is 20.2. The van der Waals surface area contributed by atoms with Crippen LogP contribution in [0.15, 0.2) is 72.9 Å².